The third-order valence-electron chi connectivity index (χ3n) is 3.66. The zero-order valence-electron chi connectivity index (χ0n) is 12.3. The Morgan fingerprint density at radius 3 is 2.42 bits per heavy atom. The van der Waals surface area contributed by atoms with E-state index in [0.717, 1.165) is 45.0 Å². The highest BCUT2D eigenvalue weighted by atomic mass is 16.5. The first-order chi connectivity index (χ1) is 9.20. The van der Waals surface area contributed by atoms with Gasteiger partial charge in [-0.1, -0.05) is 12.1 Å². The van der Waals surface area contributed by atoms with Crippen molar-refractivity contribution in [1.82, 2.24) is 9.80 Å². The van der Waals surface area contributed by atoms with Crippen LogP contribution in [0.1, 0.15) is 0 Å². The number of hydrogen-bond donors (Lipinski definition) is 0. The highest BCUT2D eigenvalue weighted by molar-refractivity contribution is 5.58. The van der Waals surface area contributed by atoms with Crippen LogP contribution in [-0.4, -0.2) is 70.3 Å². The molecule has 106 valence electrons. The van der Waals surface area contributed by atoms with Gasteiger partial charge in [-0.15, -0.1) is 0 Å². The minimum Gasteiger partial charge on any atom is -0.495 e. The molecule has 0 unspecified atom stereocenters. The van der Waals surface area contributed by atoms with Gasteiger partial charge >= 0.3 is 0 Å². The van der Waals surface area contributed by atoms with Crippen molar-refractivity contribution in [3.63, 3.8) is 0 Å². The number of benzene rings is 1. The van der Waals surface area contributed by atoms with Crippen LogP contribution in [0.15, 0.2) is 24.3 Å². The average Bonchev–Trinajstić information content (AvgIpc) is 2.45. The van der Waals surface area contributed by atoms with Crippen LogP contribution in [-0.2, 0) is 0 Å². The van der Waals surface area contributed by atoms with Crippen molar-refractivity contribution >= 4 is 5.69 Å². The van der Waals surface area contributed by atoms with Crippen molar-refractivity contribution in [3.05, 3.63) is 24.3 Å². The van der Waals surface area contributed by atoms with E-state index >= 15 is 0 Å². The van der Waals surface area contributed by atoms with Gasteiger partial charge < -0.3 is 14.5 Å². The van der Waals surface area contributed by atoms with E-state index in [2.05, 4.69) is 40.9 Å². The Hall–Kier alpha value is -1.26. The Bertz CT molecular complexity index is 387. The maximum Gasteiger partial charge on any atom is 0.142 e. The van der Waals surface area contributed by atoms with Gasteiger partial charge in [-0.3, -0.25) is 4.90 Å². The topological polar surface area (TPSA) is 19.0 Å². The van der Waals surface area contributed by atoms with Crippen LogP contribution in [0, 0.1) is 0 Å². The molecular weight excluding hydrogens is 238 g/mol. The van der Waals surface area contributed by atoms with Gasteiger partial charge in [0.1, 0.15) is 5.75 Å². The second-order valence-electron chi connectivity index (χ2n) is 5.30. The summed E-state index contributed by atoms with van der Waals surface area (Å²) in [5.74, 6) is 0.976. The predicted octanol–water partition coefficient (Wildman–Crippen LogP) is 1.38. The maximum atomic E-state index is 5.44. The van der Waals surface area contributed by atoms with E-state index in [1.807, 2.05) is 12.1 Å². The minimum absolute atomic E-state index is 0.976. The quantitative estimate of drug-likeness (QED) is 0.799. The SMILES string of the molecule is COc1ccccc1N1CCN(CCN(C)C)CC1. The molecule has 2 rings (SSSR count). The van der Waals surface area contributed by atoms with Gasteiger partial charge in [0.05, 0.1) is 12.8 Å². The molecule has 0 saturated carbocycles. The predicted molar refractivity (Wildman–Crippen MR) is 80.2 cm³/mol. The second-order valence-corrected chi connectivity index (χ2v) is 5.30. The Morgan fingerprint density at radius 2 is 1.79 bits per heavy atom. The molecule has 1 heterocycles. The zero-order chi connectivity index (χ0) is 13.7. The summed E-state index contributed by atoms with van der Waals surface area (Å²) >= 11 is 0. The van der Waals surface area contributed by atoms with Crippen LogP contribution < -0.4 is 9.64 Å². The molecule has 1 aromatic rings. The van der Waals surface area contributed by atoms with Crippen LogP contribution >= 0.6 is 0 Å². The average molecular weight is 263 g/mol. The highest BCUT2D eigenvalue weighted by Crippen LogP contribution is 2.28. The number of piperazine rings is 1. The van der Waals surface area contributed by atoms with E-state index in [1.54, 1.807) is 7.11 Å². The lowest BCUT2D eigenvalue weighted by molar-refractivity contribution is 0.229. The molecule has 4 nitrogen and oxygen atoms in total. The standard InChI is InChI=1S/C15H25N3O/c1-16(2)8-9-17-10-12-18(13-11-17)14-6-4-5-7-15(14)19-3/h4-7H,8-13H2,1-3H3. The van der Waals surface area contributed by atoms with E-state index in [9.17, 15) is 0 Å². The summed E-state index contributed by atoms with van der Waals surface area (Å²) in [5.41, 5.74) is 1.22. The molecular formula is C15H25N3O. The molecule has 0 amide bonds. The number of ether oxygens (including phenoxy) is 1. The van der Waals surface area contributed by atoms with Gasteiger partial charge in [0, 0.05) is 39.3 Å². The van der Waals surface area contributed by atoms with Crippen molar-refractivity contribution in [1.29, 1.82) is 0 Å². The molecule has 19 heavy (non-hydrogen) atoms. The largest absolute Gasteiger partial charge is 0.495 e. The molecule has 1 aromatic carbocycles. The summed E-state index contributed by atoms with van der Waals surface area (Å²) < 4.78 is 5.44. The lowest BCUT2D eigenvalue weighted by atomic mass is 10.2. The van der Waals surface area contributed by atoms with Crippen molar-refractivity contribution < 1.29 is 4.74 Å². The fourth-order valence-electron chi connectivity index (χ4n) is 2.44. The molecule has 0 atom stereocenters. The molecule has 1 fully saturated rings. The van der Waals surface area contributed by atoms with Gasteiger partial charge in [-0.2, -0.15) is 0 Å². The van der Waals surface area contributed by atoms with Crippen LogP contribution in [0.4, 0.5) is 5.69 Å². The number of methoxy groups -OCH3 is 1. The first kappa shape index (κ1) is 14.2. The van der Waals surface area contributed by atoms with E-state index in [-0.39, 0.29) is 0 Å². The number of para-hydroxylation sites is 2. The molecule has 4 heteroatoms. The van der Waals surface area contributed by atoms with E-state index in [4.69, 9.17) is 4.74 Å². The van der Waals surface area contributed by atoms with Gasteiger partial charge in [0.2, 0.25) is 0 Å². The number of anilines is 1. The third kappa shape index (κ3) is 3.85. The smallest absolute Gasteiger partial charge is 0.142 e. The van der Waals surface area contributed by atoms with Crippen molar-refractivity contribution in [2.75, 3.05) is 65.4 Å². The number of hydrogen-bond acceptors (Lipinski definition) is 4. The Morgan fingerprint density at radius 1 is 1.11 bits per heavy atom. The Balaban J connectivity index is 1.89. The number of rotatable bonds is 5. The molecule has 0 spiro atoms. The van der Waals surface area contributed by atoms with Crippen LogP contribution in [0.2, 0.25) is 0 Å². The first-order valence-electron chi connectivity index (χ1n) is 6.96. The molecule has 1 aliphatic heterocycles. The monoisotopic (exact) mass is 263 g/mol. The molecule has 1 saturated heterocycles. The molecule has 0 aliphatic carbocycles. The number of nitrogens with zero attached hydrogens (tertiary/aromatic N) is 3. The van der Waals surface area contributed by atoms with Gasteiger partial charge in [0.25, 0.3) is 0 Å². The summed E-state index contributed by atoms with van der Waals surface area (Å²) in [6, 6.07) is 8.29. The molecule has 0 N–H and O–H groups in total. The van der Waals surface area contributed by atoms with Gasteiger partial charge in [0.15, 0.2) is 0 Å². The summed E-state index contributed by atoms with van der Waals surface area (Å²) in [6.45, 7) is 6.71. The second kappa shape index (κ2) is 6.78. The lowest BCUT2D eigenvalue weighted by Crippen LogP contribution is -2.48. The summed E-state index contributed by atoms with van der Waals surface area (Å²) in [7, 11) is 6.00. The zero-order valence-corrected chi connectivity index (χ0v) is 12.3. The highest BCUT2D eigenvalue weighted by Gasteiger charge is 2.19. The van der Waals surface area contributed by atoms with Crippen molar-refractivity contribution in [2.24, 2.45) is 0 Å². The Labute approximate surface area is 116 Å². The summed E-state index contributed by atoms with van der Waals surface area (Å²) in [5, 5.41) is 0. The van der Waals surface area contributed by atoms with Crippen LogP contribution in [0.5, 0.6) is 5.75 Å². The minimum atomic E-state index is 0.976. The van der Waals surface area contributed by atoms with E-state index in [1.165, 1.54) is 5.69 Å². The van der Waals surface area contributed by atoms with Crippen LogP contribution in [0.25, 0.3) is 0 Å². The summed E-state index contributed by atoms with van der Waals surface area (Å²) in [6.07, 6.45) is 0. The van der Waals surface area contributed by atoms with Crippen LogP contribution in [0.3, 0.4) is 0 Å². The van der Waals surface area contributed by atoms with Gasteiger partial charge in [-0.25, -0.2) is 0 Å². The molecule has 0 aromatic heterocycles. The van der Waals surface area contributed by atoms with Gasteiger partial charge in [-0.05, 0) is 26.2 Å². The third-order valence-corrected chi connectivity index (χ3v) is 3.66. The first-order valence-corrected chi connectivity index (χ1v) is 6.96. The lowest BCUT2D eigenvalue weighted by Gasteiger charge is -2.37. The fraction of sp³-hybridized carbons (Fsp3) is 0.600. The Kier molecular flexibility index (Phi) is 5.05. The molecule has 1 aliphatic rings. The normalized spacial score (nSPS) is 16.9. The summed E-state index contributed by atoms with van der Waals surface area (Å²) in [4.78, 5) is 7.20. The maximum absolute atomic E-state index is 5.44. The number of likely N-dealkylation sites (N-methyl/N-ethyl adjacent to an activating group) is 1. The molecule has 0 radical (unpaired) electrons. The van der Waals surface area contributed by atoms with E-state index < -0.39 is 0 Å². The van der Waals surface area contributed by atoms with E-state index in [0.29, 0.717) is 0 Å². The van der Waals surface area contributed by atoms with Crippen molar-refractivity contribution in [3.8, 4) is 5.75 Å². The fourth-order valence-corrected chi connectivity index (χ4v) is 2.44. The van der Waals surface area contributed by atoms with Crippen molar-refractivity contribution in [2.45, 2.75) is 0 Å². The molecule has 0 bridgehead atoms.